The van der Waals surface area contributed by atoms with Crippen LogP contribution in [0.4, 0.5) is 4.39 Å². The van der Waals surface area contributed by atoms with E-state index in [0.717, 1.165) is 19.5 Å². The van der Waals surface area contributed by atoms with Gasteiger partial charge in [-0.1, -0.05) is 24.3 Å². The van der Waals surface area contributed by atoms with E-state index >= 15 is 0 Å². The molecule has 0 aliphatic carbocycles. The summed E-state index contributed by atoms with van der Waals surface area (Å²) in [5.74, 6) is -0.212. The molecule has 0 amide bonds. The van der Waals surface area contributed by atoms with E-state index in [-0.39, 0.29) is 11.9 Å². The average molecular weight is 278 g/mol. The molecule has 1 aromatic heterocycles. The van der Waals surface area contributed by atoms with Gasteiger partial charge in [0.25, 0.3) is 0 Å². The minimum Gasteiger partial charge on any atom is -0.324 e. The van der Waals surface area contributed by atoms with Crippen LogP contribution in [0.25, 0.3) is 0 Å². The van der Waals surface area contributed by atoms with E-state index in [1.807, 2.05) is 6.07 Å². The highest BCUT2D eigenvalue weighted by Gasteiger charge is 2.11. The SMILES string of the molecule is CN(CCC(N)c1ccccc1F)Cc1cccs1. The second kappa shape index (κ2) is 6.80. The maximum absolute atomic E-state index is 13.6. The first-order valence-corrected chi connectivity index (χ1v) is 7.25. The zero-order valence-corrected chi connectivity index (χ0v) is 11.9. The van der Waals surface area contributed by atoms with Crippen molar-refractivity contribution in [2.45, 2.75) is 19.0 Å². The van der Waals surface area contributed by atoms with Gasteiger partial charge in [0.05, 0.1) is 0 Å². The molecule has 102 valence electrons. The second-order valence-electron chi connectivity index (χ2n) is 4.73. The third-order valence-corrected chi connectivity index (χ3v) is 3.99. The summed E-state index contributed by atoms with van der Waals surface area (Å²) < 4.78 is 13.6. The molecule has 1 heterocycles. The summed E-state index contributed by atoms with van der Waals surface area (Å²) in [5, 5.41) is 2.08. The van der Waals surface area contributed by atoms with Gasteiger partial charge < -0.3 is 10.6 Å². The highest BCUT2D eigenvalue weighted by atomic mass is 32.1. The molecule has 0 bridgehead atoms. The fourth-order valence-electron chi connectivity index (χ4n) is 2.04. The Morgan fingerprint density at radius 2 is 2.05 bits per heavy atom. The number of nitrogens with zero attached hydrogens (tertiary/aromatic N) is 1. The molecule has 2 N–H and O–H groups in total. The van der Waals surface area contributed by atoms with Crippen LogP contribution in [-0.2, 0) is 6.54 Å². The highest BCUT2D eigenvalue weighted by molar-refractivity contribution is 7.09. The third kappa shape index (κ3) is 4.13. The molecule has 0 aliphatic heterocycles. The fraction of sp³-hybridized carbons (Fsp3) is 0.333. The van der Waals surface area contributed by atoms with Crippen molar-refractivity contribution >= 4 is 11.3 Å². The molecule has 1 atom stereocenters. The molecule has 0 radical (unpaired) electrons. The topological polar surface area (TPSA) is 29.3 Å². The van der Waals surface area contributed by atoms with Crippen LogP contribution in [0.1, 0.15) is 22.9 Å². The number of benzene rings is 1. The summed E-state index contributed by atoms with van der Waals surface area (Å²) in [6.45, 7) is 1.77. The standard InChI is InChI=1S/C15H19FN2S/c1-18(11-12-5-4-10-19-12)9-8-15(17)13-6-2-3-7-14(13)16/h2-7,10,15H,8-9,11,17H2,1H3. The van der Waals surface area contributed by atoms with E-state index in [1.54, 1.807) is 23.5 Å². The second-order valence-corrected chi connectivity index (χ2v) is 5.77. The highest BCUT2D eigenvalue weighted by Crippen LogP contribution is 2.18. The minimum atomic E-state index is -0.244. The normalized spacial score (nSPS) is 12.8. The van der Waals surface area contributed by atoms with Crippen molar-refractivity contribution in [1.82, 2.24) is 4.90 Å². The van der Waals surface area contributed by atoms with E-state index in [9.17, 15) is 4.39 Å². The Morgan fingerprint density at radius 1 is 1.26 bits per heavy atom. The molecule has 2 aromatic rings. The van der Waals surface area contributed by atoms with Gasteiger partial charge in [-0.2, -0.15) is 0 Å². The Morgan fingerprint density at radius 3 is 2.74 bits per heavy atom. The number of rotatable bonds is 6. The predicted molar refractivity (Wildman–Crippen MR) is 78.6 cm³/mol. The largest absolute Gasteiger partial charge is 0.324 e. The molecule has 1 aromatic carbocycles. The summed E-state index contributed by atoms with van der Waals surface area (Å²) in [5.41, 5.74) is 6.66. The number of hydrogen-bond acceptors (Lipinski definition) is 3. The molecule has 2 rings (SSSR count). The summed E-state index contributed by atoms with van der Waals surface area (Å²) in [6.07, 6.45) is 0.753. The lowest BCUT2D eigenvalue weighted by Crippen LogP contribution is -2.23. The van der Waals surface area contributed by atoms with E-state index in [0.29, 0.717) is 5.56 Å². The van der Waals surface area contributed by atoms with Crippen LogP contribution >= 0.6 is 11.3 Å². The van der Waals surface area contributed by atoms with Crippen molar-refractivity contribution in [2.24, 2.45) is 5.73 Å². The molecule has 0 spiro atoms. The predicted octanol–water partition coefficient (Wildman–Crippen LogP) is 3.41. The smallest absolute Gasteiger partial charge is 0.127 e. The van der Waals surface area contributed by atoms with Crippen LogP contribution in [0, 0.1) is 5.82 Å². The molecule has 0 saturated carbocycles. The lowest BCUT2D eigenvalue weighted by Gasteiger charge is -2.19. The molecule has 2 nitrogen and oxygen atoms in total. The first-order valence-electron chi connectivity index (χ1n) is 6.37. The monoisotopic (exact) mass is 278 g/mol. The molecular formula is C15H19FN2S. The van der Waals surface area contributed by atoms with Crippen LogP contribution in [-0.4, -0.2) is 18.5 Å². The molecule has 19 heavy (non-hydrogen) atoms. The summed E-state index contributed by atoms with van der Waals surface area (Å²) in [6, 6.07) is 10.7. The Kier molecular flexibility index (Phi) is 5.07. The van der Waals surface area contributed by atoms with Gasteiger partial charge in [-0.3, -0.25) is 0 Å². The van der Waals surface area contributed by atoms with Gasteiger partial charge in [0.2, 0.25) is 0 Å². The Labute approximate surface area is 117 Å². The number of nitrogens with two attached hydrogens (primary N) is 1. The van der Waals surface area contributed by atoms with Crippen molar-refractivity contribution in [1.29, 1.82) is 0 Å². The van der Waals surface area contributed by atoms with E-state index in [1.165, 1.54) is 10.9 Å². The average Bonchev–Trinajstić information content (AvgIpc) is 2.89. The zero-order valence-electron chi connectivity index (χ0n) is 11.1. The number of halogens is 1. The van der Waals surface area contributed by atoms with Crippen LogP contribution < -0.4 is 5.73 Å². The Balaban J connectivity index is 1.83. The van der Waals surface area contributed by atoms with Crippen LogP contribution in [0.5, 0.6) is 0 Å². The lowest BCUT2D eigenvalue weighted by atomic mass is 10.0. The van der Waals surface area contributed by atoms with Crippen molar-refractivity contribution in [3.05, 3.63) is 58.0 Å². The molecule has 0 fully saturated rings. The quantitative estimate of drug-likeness (QED) is 0.877. The van der Waals surface area contributed by atoms with Crippen LogP contribution in [0.3, 0.4) is 0 Å². The molecule has 0 aliphatic rings. The van der Waals surface area contributed by atoms with E-state index < -0.39 is 0 Å². The van der Waals surface area contributed by atoms with Crippen molar-refractivity contribution in [2.75, 3.05) is 13.6 Å². The van der Waals surface area contributed by atoms with Crippen LogP contribution in [0.2, 0.25) is 0 Å². The summed E-state index contributed by atoms with van der Waals surface area (Å²) >= 11 is 1.75. The Hall–Kier alpha value is -1.23. The Bertz CT molecular complexity index is 499. The van der Waals surface area contributed by atoms with Gasteiger partial charge in [0.15, 0.2) is 0 Å². The summed E-state index contributed by atoms with van der Waals surface area (Å²) in [4.78, 5) is 3.55. The maximum Gasteiger partial charge on any atom is 0.127 e. The molecule has 1 unspecified atom stereocenters. The van der Waals surface area contributed by atoms with Crippen molar-refractivity contribution < 1.29 is 4.39 Å². The third-order valence-electron chi connectivity index (χ3n) is 3.13. The van der Waals surface area contributed by atoms with Gasteiger partial charge in [-0.25, -0.2) is 4.39 Å². The maximum atomic E-state index is 13.6. The lowest BCUT2D eigenvalue weighted by molar-refractivity contribution is 0.313. The number of thiophene rings is 1. The molecular weight excluding hydrogens is 259 g/mol. The van der Waals surface area contributed by atoms with Gasteiger partial charge in [0.1, 0.15) is 5.82 Å². The van der Waals surface area contributed by atoms with Gasteiger partial charge in [-0.15, -0.1) is 11.3 Å². The van der Waals surface area contributed by atoms with Gasteiger partial charge in [-0.05, 0) is 31.0 Å². The van der Waals surface area contributed by atoms with E-state index in [2.05, 4.69) is 29.5 Å². The first kappa shape index (κ1) is 14.2. The first-order chi connectivity index (χ1) is 9.16. The van der Waals surface area contributed by atoms with Crippen molar-refractivity contribution in [3.63, 3.8) is 0 Å². The fourth-order valence-corrected chi connectivity index (χ4v) is 2.82. The van der Waals surface area contributed by atoms with Gasteiger partial charge >= 0.3 is 0 Å². The van der Waals surface area contributed by atoms with Crippen LogP contribution in [0.15, 0.2) is 41.8 Å². The number of hydrogen-bond donors (Lipinski definition) is 1. The van der Waals surface area contributed by atoms with Crippen molar-refractivity contribution in [3.8, 4) is 0 Å². The van der Waals surface area contributed by atoms with Gasteiger partial charge in [0, 0.05) is 29.6 Å². The summed E-state index contributed by atoms with van der Waals surface area (Å²) in [7, 11) is 2.06. The van der Waals surface area contributed by atoms with E-state index in [4.69, 9.17) is 5.73 Å². The molecule has 0 saturated heterocycles. The molecule has 4 heteroatoms. The minimum absolute atomic E-state index is 0.212. The zero-order chi connectivity index (χ0) is 13.7.